The summed E-state index contributed by atoms with van der Waals surface area (Å²) in [4.78, 5) is 24.0. The number of hydrogen-bond acceptors (Lipinski definition) is 3. The maximum Gasteiger partial charge on any atom is 0.265 e. The molecule has 4 heteroatoms. The summed E-state index contributed by atoms with van der Waals surface area (Å²) in [5.74, 6) is 0.433. The molecule has 1 aliphatic rings. The predicted molar refractivity (Wildman–Crippen MR) is 55.0 cm³/mol. The number of amides is 1. The van der Waals surface area contributed by atoms with E-state index in [1.807, 2.05) is 12.1 Å². The van der Waals surface area contributed by atoms with Gasteiger partial charge in [0.25, 0.3) is 5.91 Å². The average Bonchev–Trinajstić information content (AvgIpc) is 2.22. The number of nitrogens with zero attached hydrogens (tertiary/aromatic N) is 1. The lowest BCUT2D eigenvalue weighted by Gasteiger charge is -2.28. The van der Waals surface area contributed by atoms with Crippen molar-refractivity contribution in [1.82, 2.24) is 0 Å². The molecule has 0 bridgehead atoms. The van der Waals surface area contributed by atoms with Gasteiger partial charge in [-0.25, -0.2) is 0 Å². The minimum Gasteiger partial charge on any atom is -0.482 e. The highest BCUT2D eigenvalue weighted by atomic mass is 16.5. The molecule has 0 unspecified atom stereocenters. The summed E-state index contributed by atoms with van der Waals surface area (Å²) in [6.45, 7) is 1.58. The first kappa shape index (κ1) is 9.71. The van der Waals surface area contributed by atoms with Crippen molar-refractivity contribution in [2.24, 2.45) is 0 Å². The normalized spacial score (nSPS) is 14.5. The summed E-state index contributed by atoms with van der Waals surface area (Å²) in [6.07, 6.45) is 0. The molecule has 0 atom stereocenters. The maximum absolute atomic E-state index is 11.5. The minimum atomic E-state index is -0.177. The van der Waals surface area contributed by atoms with Gasteiger partial charge in [-0.2, -0.15) is 0 Å². The topological polar surface area (TPSA) is 46.6 Å². The number of carbonyl (C=O) groups excluding carboxylic acids is 2. The molecule has 15 heavy (non-hydrogen) atoms. The number of hydrogen-bond donors (Lipinski definition) is 0. The van der Waals surface area contributed by atoms with Gasteiger partial charge in [-0.05, 0) is 19.1 Å². The van der Waals surface area contributed by atoms with Crippen LogP contribution in [0.1, 0.15) is 6.92 Å². The van der Waals surface area contributed by atoms with Crippen LogP contribution in [0.5, 0.6) is 5.75 Å². The molecule has 0 saturated heterocycles. The molecule has 1 aromatic rings. The second-order valence-electron chi connectivity index (χ2n) is 3.44. The monoisotopic (exact) mass is 205 g/mol. The second-order valence-corrected chi connectivity index (χ2v) is 3.44. The molecule has 78 valence electrons. The molecule has 1 aliphatic heterocycles. The second kappa shape index (κ2) is 3.73. The lowest BCUT2D eigenvalue weighted by molar-refractivity contribution is -0.123. The number of ether oxygens (including phenoxy) is 1. The quantitative estimate of drug-likeness (QED) is 0.723. The number of carbonyl (C=O) groups is 2. The molecule has 0 aromatic heterocycles. The third-order valence-corrected chi connectivity index (χ3v) is 2.19. The number of rotatable bonds is 2. The Hall–Kier alpha value is -1.84. The Labute approximate surface area is 87.4 Å². The number of Topliss-reactive ketones (excluding diaryl/α,β-unsaturated/α-hetero) is 1. The van der Waals surface area contributed by atoms with Gasteiger partial charge in [-0.1, -0.05) is 12.1 Å². The number of anilines is 1. The van der Waals surface area contributed by atoms with Crippen LogP contribution >= 0.6 is 0 Å². The summed E-state index contributed by atoms with van der Waals surface area (Å²) in [7, 11) is 0. The van der Waals surface area contributed by atoms with Gasteiger partial charge in [-0.15, -0.1) is 0 Å². The fourth-order valence-electron chi connectivity index (χ4n) is 1.55. The molecule has 2 rings (SSSR count). The molecule has 1 amide bonds. The van der Waals surface area contributed by atoms with Crippen molar-refractivity contribution in [3.63, 3.8) is 0 Å². The first-order valence-electron chi connectivity index (χ1n) is 4.70. The highest BCUT2D eigenvalue weighted by Gasteiger charge is 2.25. The molecule has 0 spiro atoms. The van der Waals surface area contributed by atoms with E-state index in [0.29, 0.717) is 11.4 Å². The van der Waals surface area contributed by atoms with Gasteiger partial charge >= 0.3 is 0 Å². The van der Waals surface area contributed by atoms with E-state index in [4.69, 9.17) is 4.74 Å². The van der Waals surface area contributed by atoms with E-state index in [0.717, 1.165) is 0 Å². The van der Waals surface area contributed by atoms with E-state index < -0.39 is 0 Å². The van der Waals surface area contributed by atoms with Crippen molar-refractivity contribution in [1.29, 1.82) is 0 Å². The Bertz CT molecular complexity index is 414. The van der Waals surface area contributed by atoms with E-state index in [1.165, 1.54) is 11.8 Å². The van der Waals surface area contributed by atoms with Crippen molar-refractivity contribution < 1.29 is 14.3 Å². The van der Waals surface area contributed by atoms with E-state index in [2.05, 4.69) is 0 Å². The van der Waals surface area contributed by atoms with E-state index in [-0.39, 0.29) is 24.8 Å². The maximum atomic E-state index is 11.5. The van der Waals surface area contributed by atoms with Gasteiger partial charge in [0.15, 0.2) is 6.61 Å². The summed E-state index contributed by atoms with van der Waals surface area (Å²) in [5, 5.41) is 0. The zero-order valence-electron chi connectivity index (χ0n) is 8.40. The van der Waals surface area contributed by atoms with Crippen molar-refractivity contribution in [2.45, 2.75) is 6.92 Å². The van der Waals surface area contributed by atoms with Crippen molar-refractivity contribution in [3.8, 4) is 5.75 Å². The highest BCUT2D eigenvalue weighted by molar-refractivity contribution is 6.02. The van der Waals surface area contributed by atoms with Gasteiger partial charge in [0.1, 0.15) is 11.5 Å². The van der Waals surface area contributed by atoms with Gasteiger partial charge in [0, 0.05) is 0 Å². The molecular formula is C11H11NO3. The molecule has 4 nitrogen and oxygen atoms in total. The van der Waals surface area contributed by atoms with Crippen LogP contribution in [0.4, 0.5) is 5.69 Å². The standard InChI is InChI=1S/C11H11NO3/c1-8(13)6-12-9-4-2-3-5-10(9)15-7-11(12)14/h2-5H,6-7H2,1H3. The molecule has 1 heterocycles. The Kier molecular flexibility index (Phi) is 2.41. The molecule has 0 aliphatic carbocycles. The van der Waals surface area contributed by atoms with Crippen LogP contribution in [-0.4, -0.2) is 24.8 Å². The van der Waals surface area contributed by atoms with Crippen LogP contribution < -0.4 is 9.64 Å². The lowest BCUT2D eigenvalue weighted by Crippen LogP contribution is -2.41. The molecule has 0 fully saturated rings. The van der Waals surface area contributed by atoms with Crippen LogP contribution in [0.2, 0.25) is 0 Å². The van der Waals surface area contributed by atoms with Crippen molar-refractivity contribution >= 4 is 17.4 Å². The number of ketones is 1. The first-order valence-corrected chi connectivity index (χ1v) is 4.70. The highest BCUT2D eigenvalue weighted by Crippen LogP contribution is 2.30. The van der Waals surface area contributed by atoms with Crippen molar-refractivity contribution in [3.05, 3.63) is 24.3 Å². The fraction of sp³-hybridized carbons (Fsp3) is 0.273. The molecule has 1 aromatic carbocycles. The number of fused-ring (bicyclic) bond motifs is 1. The Morgan fingerprint density at radius 1 is 1.47 bits per heavy atom. The van der Waals surface area contributed by atoms with Gasteiger partial charge in [0.2, 0.25) is 0 Å². The van der Waals surface area contributed by atoms with E-state index in [1.54, 1.807) is 12.1 Å². The summed E-state index contributed by atoms with van der Waals surface area (Å²) in [5.41, 5.74) is 0.670. The molecule has 0 saturated carbocycles. The minimum absolute atomic E-state index is 0.00426. The molecule has 0 N–H and O–H groups in total. The Balaban J connectivity index is 2.37. The first-order chi connectivity index (χ1) is 7.18. The van der Waals surface area contributed by atoms with Crippen LogP contribution in [-0.2, 0) is 9.59 Å². The smallest absolute Gasteiger partial charge is 0.265 e. The zero-order valence-corrected chi connectivity index (χ0v) is 8.40. The van der Waals surface area contributed by atoms with Gasteiger partial charge in [-0.3, -0.25) is 14.5 Å². The molecule has 0 radical (unpaired) electrons. The van der Waals surface area contributed by atoms with Gasteiger partial charge in [0.05, 0.1) is 12.2 Å². The summed E-state index contributed by atoms with van der Waals surface area (Å²) < 4.78 is 5.25. The summed E-state index contributed by atoms with van der Waals surface area (Å²) in [6, 6.07) is 7.21. The average molecular weight is 205 g/mol. The lowest BCUT2D eigenvalue weighted by atomic mass is 10.2. The van der Waals surface area contributed by atoms with Crippen LogP contribution in [0.25, 0.3) is 0 Å². The number of para-hydroxylation sites is 2. The van der Waals surface area contributed by atoms with Crippen LogP contribution in [0.3, 0.4) is 0 Å². The SMILES string of the molecule is CC(=O)CN1C(=O)COc2ccccc21. The molecular weight excluding hydrogens is 194 g/mol. The summed E-state index contributed by atoms with van der Waals surface area (Å²) >= 11 is 0. The van der Waals surface area contributed by atoms with E-state index in [9.17, 15) is 9.59 Å². The van der Waals surface area contributed by atoms with Crippen LogP contribution in [0, 0.1) is 0 Å². The Morgan fingerprint density at radius 3 is 2.93 bits per heavy atom. The van der Waals surface area contributed by atoms with E-state index >= 15 is 0 Å². The Morgan fingerprint density at radius 2 is 2.20 bits per heavy atom. The van der Waals surface area contributed by atoms with Gasteiger partial charge < -0.3 is 4.74 Å². The van der Waals surface area contributed by atoms with Crippen molar-refractivity contribution in [2.75, 3.05) is 18.1 Å². The largest absolute Gasteiger partial charge is 0.482 e. The third-order valence-electron chi connectivity index (χ3n) is 2.19. The zero-order chi connectivity index (χ0) is 10.8. The third kappa shape index (κ3) is 1.83. The fourth-order valence-corrected chi connectivity index (χ4v) is 1.55. The number of benzene rings is 1. The van der Waals surface area contributed by atoms with Crippen LogP contribution in [0.15, 0.2) is 24.3 Å². The predicted octanol–water partition coefficient (Wildman–Crippen LogP) is 1.00.